The van der Waals surface area contributed by atoms with Crippen molar-refractivity contribution >= 4 is 32.3 Å². The maximum absolute atomic E-state index is 13.7. The Bertz CT molecular complexity index is 2060. The van der Waals surface area contributed by atoms with E-state index in [2.05, 4.69) is 48.5 Å². The third-order valence-electron chi connectivity index (χ3n) is 7.76. The van der Waals surface area contributed by atoms with Crippen molar-refractivity contribution in [3.05, 3.63) is 145 Å². The van der Waals surface area contributed by atoms with Gasteiger partial charge in [-0.05, 0) is 96.0 Å². The van der Waals surface area contributed by atoms with Gasteiger partial charge in [-0.1, -0.05) is 103 Å². The molecule has 0 N–H and O–H groups in total. The second-order valence-electron chi connectivity index (χ2n) is 10.2. The monoisotopic (exact) mass is 542 g/mol. The summed E-state index contributed by atoms with van der Waals surface area (Å²) in [6.45, 7) is 0. The molecular formula is C37H22F4. The van der Waals surface area contributed by atoms with Gasteiger partial charge in [0.2, 0.25) is 0 Å². The van der Waals surface area contributed by atoms with E-state index < -0.39 is 11.7 Å². The van der Waals surface area contributed by atoms with Gasteiger partial charge in [0.1, 0.15) is 5.82 Å². The summed E-state index contributed by atoms with van der Waals surface area (Å²) >= 11 is 0. The Morgan fingerprint density at radius 1 is 0.415 bits per heavy atom. The molecule has 41 heavy (non-hydrogen) atoms. The third kappa shape index (κ3) is 4.33. The van der Waals surface area contributed by atoms with Crippen LogP contribution in [-0.4, -0.2) is 0 Å². The Morgan fingerprint density at radius 2 is 0.976 bits per heavy atom. The number of benzene rings is 7. The Kier molecular flexibility index (Phi) is 5.86. The summed E-state index contributed by atoms with van der Waals surface area (Å²) in [6.07, 6.45) is -4.42. The van der Waals surface area contributed by atoms with Crippen molar-refractivity contribution in [3.63, 3.8) is 0 Å². The first-order valence-electron chi connectivity index (χ1n) is 13.3. The summed E-state index contributed by atoms with van der Waals surface area (Å²) in [5, 5.41) is 6.09. The maximum atomic E-state index is 13.7. The summed E-state index contributed by atoms with van der Waals surface area (Å²) in [7, 11) is 0. The van der Waals surface area contributed by atoms with Crippen molar-refractivity contribution in [1.29, 1.82) is 0 Å². The molecule has 0 atom stereocenters. The lowest BCUT2D eigenvalue weighted by Crippen LogP contribution is -2.04. The molecule has 0 saturated heterocycles. The van der Waals surface area contributed by atoms with E-state index in [-0.39, 0.29) is 5.82 Å². The van der Waals surface area contributed by atoms with Crippen molar-refractivity contribution < 1.29 is 17.6 Å². The van der Waals surface area contributed by atoms with Crippen LogP contribution in [0.5, 0.6) is 0 Å². The second-order valence-corrected chi connectivity index (χ2v) is 10.2. The second kappa shape index (κ2) is 9.60. The molecule has 0 amide bonds. The van der Waals surface area contributed by atoms with Crippen LogP contribution in [0.3, 0.4) is 0 Å². The number of fused-ring (bicyclic) bond motifs is 3. The molecule has 0 aliphatic rings. The lowest BCUT2D eigenvalue weighted by molar-refractivity contribution is -0.137. The summed E-state index contributed by atoms with van der Waals surface area (Å²) in [4.78, 5) is 0. The van der Waals surface area contributed by atoms with E-state index in [9.17, 15) is 17.6 Å². The van der Waals surface area contributed by atoms with Gasteiger partial charge in [0.15, 0.2) is 0 Å². The zero-order valence-electron chi connectivity index (χ0n) is 21.7. The summed E-state index contributed by atoms with van der Waals surface area (Å²) in [5.41, 5.74) is 4.76. The van der Waals surface area contributed by atoms with Crippen molar-refractivity contribution in [3.8, 4) is 33.4 Å². The van der Waals surface area contributed by atoms with Gasteiger partial charge in [-0.25, -0.2) is 4.39 Å². The van der Waals surface area contributed by atoms with Crippen molar-refractivity contribution in [2.24, 2.45) is 0 Å². The zero-order valence-corrected chi connectivity index (χ0v) is 21.7. The normalized spacial score (nSPS) is 11.9. The van der Waals surface area contributed by atoms with E-state index in [1.165, 1.54) is 12.1 Å². The first-order valence-corrected chi connectivity index (χ1v) is 13.3. The summed E-state index contributed by atoms with van der Waals surface area (Å²) < 4.78 is 54.0. The van der Waals surface area contributed by atoms with E-state index in [0.717, 1.165) is 72.3 Å². The van der Waals surface area contributed by atoms with Gasteiger partial charge >= 0.3 is 6.18 Å². The lowest BCUT2D eigenvalue weighted by atomic mass is 9.83. The number of hydrogen-bond acceptors (Lipinski definition) is 0. The number of rotatable bonds is 3. The molecule has 7 aromatic rings. The van der Waals surface area contributed by atoms with Crippen molar-refractivity contribution in [2.75, 3.05) is 0 Å². The molecule has 0 aromatic heterocycles. The van der Waals surface area contributed by atoms with Crippen LogP contribution in [0.4, 0.5) is 17.6 Å². The highest BCUT2D eigenvalue weighted by Gasteiger charge is 2.30. The van der Waals surface area contributed by atoms with Crippen LogP contribution in [0, 0.1) is 5.82 Å². The minimum atomic E-state index is -4.42. The van der Waals surface area contributed by atoms with Crippen LogP contribution < -0.4 is 0 Å². The first kappa shape index (κ1) is 25.0. The molecule has 0 spiro atoms. The van der Waals surface area contributed by atoms with Crippen LogP contribution >= 0.6 is 0 Å². The van der Waals surface area contributed by atoms with Gasteiger partial charge in [0.25, 0.3) is 0 Å². The molecular weight excluding hydrogens is 520 g/mol. The Morgan fingerprint density at radius 3 is 1.68 bits per heavy atom. The first-order chi connectivity index (χ1) is 19.9. The molecule has 0 heterocycles. The van der Waals surface area contributed by atoms with Crippen LogP contribution in [0.2, 0.25) is 0 Å². The largest absolute Gasteiger partial charge is 0.416 e. The fraction of sp³-hybridized carbons (Fsp3) is 0.0270. The van der Waals surface area contributed by atoms with Crippen LogP contribution in [-0.2, 0) is 6.18 Å². The van der Waals surface area contributed by atoms with Gasteiger partial charge in [-0.3, -0.25) is 0 Å². The maximum Gasteiger partial charge on any atom is 0.416 e. The molecule has 4 heteroatoms. The average Bonchev–Trinajstić information content (AvgIpc) is 2.99. The average molecular weight is 543 g/mol. The molecule has 0 unspecified atom stereocenters. The zero-order chi connectivity index (χ0) is 28.1. The van der Waals surface area contributed by atoms with Gasteiger partial charge in [-0.2, -0.15) is 13.2 Å². The van der Waals surface area contributed by atoms with Gasteiger partial charge in [0, 0.05) is 0 Å². The number of halogens is 4. The SMILES string of the molecule is Fc1ccc(-c2ccc3c(-c4cccc5ccccc45)c4ccccc4c(-c4ccc(C(F)(F)F)cc4)c3c2)cc1. The molecule has 0 saturated carbocycles. The highest BCUT2D eigenvalue weighted by molar-refractivity contribution is 6.24. The molecule has 0 fully saturated rings. The van der Waals surface area contributed by atoms with Gasteiger partial charge < -0.3 is 0 Å². The van der Waals surface area contributed by atoms with Gasteiger partial charge in [-0.15, -0.1) is 0 Å². The van der Waals surface area contributed by atoms with Crippen LogP contribution in [0.25, 0.3) is 65.7 Å². The number of hydrogen-bond donors (Lipinski definition) is 0. The van der Waals surface area contributed by atoms with Crippen molar-refractivity contribution in [2.45, 2.75) is 6.18 Å². The smallest absolute Gasteiger partial charge is 0.207 e. The predicted octanol–water partition coefficient (Wildman–Crippen LogP) is 11.3. The van der Waals surface area contributed by atoms with Crippen LogP contribution in [0.15, 0.2) is 133 Å². The predicted molar refractivity (Wildman–Crippen MR) is 160 cm³/mol. The standard InChI is InChI=1S/C37H22F4/c38-28-19-14-23(15-20-28)26-16-21-33-34(22-26)35(25-12-17-27(18-13-25)37(39,40)41)31-9-3-4-10-32(31)36(33)30-11-5-7-24-6-1-2-8-29(24)30/h1-22H. The van der Waals surface area contributed by atoms with Crippen LogP contribution in [0.1, 0.15) is 5.56 Å². The highest BCUT2D eigenvalue weighted by atomic mass is 19.4. The quantitative estimate of drug-likeness (QED) is 0.154. The van der Waals surface area contributed by atoms with Gasteiger partial charge in [0.05, 0.1) is 5.56 Å². The van der Waals surface area contributed by atoms with E-state index in [1.807, 2.05) is 36.4 Å². The van der Waals surface area contributed by atoms with E-state index in [4.69, 9.17) is 0 Å². The van der Waals surface area contributed by atoms with Crippen molar-refractivity contribution in [1.82, 2.24) is 0 Å². The topological polar surface area (TPSA) is 0 Å². The molecule has 0 aliphatic heterocycles. The lowest BCUT2D eigenvalue weighted by Gasteiger charge is -2.20. The Balaban J connectivity index is 1.61. The van der Waals surface area contributed by atoms with E-state index >= 15 is 0 Å². The van der Waals surface area contributed by atoms with E-state index in [0.29, 0.717) is 5.56 Å². The Labute approximate surface area is 234 Å². The minimum absolute atomic E-state index is 0.316. The molecule has 0 nitrogen and oxygen atoms in total. The molecule has 7 rings (SSSR count). The van der Waals surface area contributed by atoms with E-state index in [1.54, 1.807) is 24.3 Å². The highest BCUT2D eigenvalue weighted by Crippen LogP contribution is 2.46. The molecule has 198 valence electrons. The fourth-order valence-corrected chi connectivity index (χ4v) is 5.87. The Hall–Kier alpha value is -4.96. The summed E-state index contributed by atoms with van der Waals surface area (Å²) in [5.74, 6) is -0.316. The molecule has 0 aliphatic carbocycles. The molecule has 7 aromatic carbocycles. The molecule has 0 bridgehead atoms. The summed E-state index contributed by atoms with van der Waals surface area (Å²) in [6, 6.07) is 40.4. The third-order valence-corrected chi connectivity index (χ3v) is 7.76. The number of alkyl halides is 3. The fourth-order valence-electron chi connectivity index (χ4n) is 5.87. The minimum Gasteiger partial charge on any atom is -0.207 e. The molecule has 0 radical (unpaired) electrons.